The van der Waals surface area contributed by atoms with Crippen molar-refractivity contribution in [3.63, 3.8) is 0 Å². The van der Waals surface area contributed by atoms with Crippen LogP contribution in [0.5, 0.6) is 0 Å². The smallest absolute Gasteiger partial charge is 0.321 e. The van der Waals surface area contributed by atoms with E-state index >= 15 is 0 Å². The Morgan fingerprint density at radius 2 is 1.57 bits per heavy atom. The van der Waals surface area contributed by atoms with Crippen molar-refractivity contribution in [2.24, 2.45) is 0 Å². The molecule has 0 saturated carbocycles. The van der Waals surface area contributed by atoms with E-state index in [1.54, 1.807) is 4.90 Å². The fraction of sp³-hybridized carbons (Fsp3) is 0.333. The summed E-state index contributed by atoms with van der Waals surface area (Å²) in [6.07, 6.45) is 0. The van der Waals surface area contributed by atoms with Crippen molar-refractivity contribution in [3.8, 4) is 0 Å². The van der Waals surface area contributed by atoms with Gasteiger partial charge in [-0.15, -0.1) is 0 Å². The van der Waals surface area contributed by atoms with Gasteiger partial charge in [0.2, 0.25) is 5.91 Å². The van der Waals surface area contributed by atoms with Crippen LogP contribution >= 0.6 is 15.9 Å². The molecule has 3 amide bonds. The van der Waals surface area contributed by atoms with E-state index in [-0.39, 0.29) is 24.5 Å². The maximum absolute atomic E-state index is 12.5. The number of urea groups is 1. The summed E-state index contributed by atoms with van der Waals surface area (Å²) >= 11 is 3.55. The van der Waals surface area contributed by atoms with Gasteiger partial charge < -0.3 is 20.4 Å². The Morgan fingerprint density at radius 1 is 0.964 bits per heavy atom. The molecule has 2 aromatic rings. The molecule has 28 heavy (non-hydrogen) atoms. The zero-order valence-electron chi connectivity index (χ0n) is 15.9. The van der Waals surface area contributed by atoms with Gasteiger partial charge in [0.25, 0.3) is 0 Å². The first-order valence-electron chi connectivity index (χ1n) is 9.41. The van der Waals surface area contributed by atoms with Gasteiger partial charge >= 0.3 is 6.03 Å². The lowest BCUT2D eigenvalue weighted by molar-refractivity contribution is -0.131. The van der Waals surface area contributed by atoms with Gasteiger partial charge in [-0.05, 0) is 30.7 Å². The van der Waals surface area contributed by atoms with Crippen LogP contribution in [0, 0.1) is 0 Å². The summed E-state index contributed by atoms with van der Waals surface area (Å²) in [7, 11) is 0. The van der Waals surface area contributed by atoms with Crippen molar-refractivity contribution < 1.29 is 9.59 Å². The quantitative estimate of drug-likeness (QED) is 0.741. The van der Waals surface area contributed by atoms with Crippen LogP contribution in [0.4, 0.5) is 10.5 Å². The number of carbonyl (C=O) groups excluding carboxylic acids is 2. The number of halogens is 1. The summed E-state index contributed by atoms with van der Waals surface area (Å²) in [6, 6.07) is 17.3. The minimum Gasteiger partial charge on any atom is -0.338 e. The third-order valence-electron chi connectivity index (χ3n) is 4.88. The molecule has 7 heteroatoms. The van der Waals surface area contributed by atoms with Gasteiger partial charge in [0, 0.05) is 42.4 Å². The minimum absolute atomic E-state index is 0.0574. The van der Waals surface area contributed by atoms with Crippen molar-refractivity contribution in [3.05, 3.63) is 64.6 Å². The summed E-state index contributed by atoms with van der Waals surface area (Å²) in [4.78, 5) is 28.4. The molecular weight excluding hydrogens is 420 g/mol. The fourth-order valence-electron chi connectivity index (χ4n) is 3.17. The van der Waals surface area contributed by atoms with Crippen LogP contribution in [-0.2, 0) is 4.79 Å². The monoisotopic (exact) mass is 444 g/mol. The molecule has 0 bridgehead atoms. The first kappa shape index (κ1) is 20.4. The molecule has 2 N–H and O–H groups in total. The van der Waals surface area contributed by atoms with Crippen molar-refractivity contribution in [1.82, 2.24) is 15.1 Å². The highest BCUT2D eigenvalue weighted by molar-refractivity contribution is 9.10. The molecule has 0 aliphatic carbocycles. The highest BCUT2D eigenvalue weighted by atomic mass is 79.9. The third kappa shape index (κ3) is 5.33. The van der Waals surface area contributed by atoms with Crippen molar-refractivity contribution in [2.45, 2.75) is 13.0 Å². The van der Waals surface area contributed by atoms with Gasteiger partial charge in [0.05, 0.1) is 6.54 Å². The highest BCUT2D eigenvalue weighted by Gasteiger charge is 2.24. The summed E-state index contributed by atoms with van der Waals surface area (Å²) in [5.41, 5.74) is 1.90. The normalized spacial score (nSPS) is 15.2. The molecule has 2 aromatic carbocycles. The lowest BCUT2D eigenvalue weighted by Crippen LogP contribution is -2.53. The number of rotatable bonds is 5. The predicted octanol–water partition coefficient (Wildman–Crippen LogP) is 3.48. The van der Waals surface area contributed by atoms with Gasteiger partial charge in [-0.2, -0.15) is 0 Å². The standard InChI is InChI=1S/C21H25BrN4O2/c1-16(18-9-5-6-10-19(18)22)23-15-20(27)25-11-13-26(14-12-25)21(28)24-17-7-3-2-4-8-17/h2-10,16,23H,11-15H2,1H3,(H,24,28). The van der Waals surface area contributed by atoms with Crippen molar-refractivity contribution in [1.29, 1.82) is 0 Å². The van der Waals surface area contributed by atoms with E-state index in [1.807, 2.05) is 66.4 Å². The Labute approximate surface area is 174 Å². The molecule has 1 aliphatic rings. The molecule has 0 aromatic heterocycles. The van der Waals surface area contributed by atoms with Gasteiger partial charge in [-0.25, -0.2) is 4.79 Å². The zero-order valence-corrected chi connectivity index (χ0v) is 17.5. The number of para-hydroxylation sites is 1. The summed E-state index contributed by atoms with van der Waals surface area (Å²) in [5.74, 6) is 0.0574. The van der Waals surface area contributed by atoms with E-state index in [0.29, 0.717) is 26.2 Å². The topological polar surface area (TPSA) is 64.7 Å². The summed E-state index contributed by atoms with van der Waals surface area (Å²) in [6.45, 7) is 4.48. The lowest BCUT2D eigenvalue weighted by Gasteiger charge is -2.35. The van der Waals surface area contributed by atoms with E-state index < -0.39 is 0 Å². The Morgan fingerprint density at radius 3 is 2.25 bits per heavy atom. The zero-order chi connectivity index (χ0) is 19.9. The molecule has 148 valence electrons. The Balaban J connectivity index is 1.43. The number of anilines is 1. The molecule has 6 nitrogen and oxygen atoms in total. The first-order chi connectivity index (χ1) is 13.5. The Hall–Kier alpha value is -2.38. The Bertz CT molecular complexity index is 807. The van der Waals surface area contributed by atoms with E-state index in [9.17, 15) is 9.59 Å². The number of nitrogens with one attached hydrogen (secondary N) is 2. The average Bonchev–Trinajstić information content (AvgIpc) is 2.73. The maximum Gasteiger partial charge on any atom is 0.321 e. The molecule has 1 atom stereocenters. The van der Waals surface area contributed by atoms with E-state index in [4.69, 9.17) is 0 Å². The lowest BCUT2D eigenvalue weighted by atomic mass is 10.1. The molecule has 1 unspecified atom stereocenters. The predicted molar refractivity (Wildman–Crippen MR) is 114 cm³/mol. The van der Waals surface area contributed by atoms with E-state index in [0.717, 1.165) is 15.7 Å². The van der Waals surface area contributed by atoms with Crippen LogP contribution in [0.2, 0.25) is 0 Å². The second-order valence-corrected chi connectivity index (χ2v) is 7.64. The largest absolute Gasteiger partial charge is 0.338 e. The second-order valence-electron chi connectivity index (χ2n) is 6.79. The van der Waals surface area contributed by atoms with Gasteiger partial charge in [-0.3, -0.25) is 4.79 Å². The van der Waals surface area contributed by atoms with Gasteiger partial charge in [0.15, 0.2) is 0 Å². The molecular formula is C21H25BrN4O2. The molecule has 1 aliphatic heterocycles. The van der Waals surface area contributed by atoms with Crippen LogP contribution in [0.15, 0.2) is 59.1 Å². The number of nitrogens with zero attached hydrogens (tertiary/aromatic N) is 2. The fourth-order valence-corrected chi connectivity index (χ4v) is 3.80. The van der Waals surface area contributed by atoms with Crippen molar-refractivity contribution in [2.75, 3.05) is 38.0 Å². The van der Waals surface area contributed by atoms with Gasteiger partial charge in [-0.1, -0.05) is 52.3 Å². The SMILES string of the molecule is CC(NCC(=O)N1CCN(C(=O)Nc2ccccc2)CC1)c1ccccc1Br. The summed E-state index contributed by atoms with van der Waals surface area (Å²) < 4.78 is 1.03. The number of amides is 3. The minimum atomic E-state index is -0.126. The molecule has 1 saturated heterocycles. The maximum atomic E-state index is 12.5. The third-order valence-corrected chi connectivity index (χ3v) is 5.60. The molecule has 1 fully saturated rings. The van der Waals surface area contributed by atoms with Crippen LogP contribution in [-0.4, -0.2) is 54.5 Å². The number of hydrogen-bond acceptors (Lipinski definition) is 3. The van der Waals surface area contributed by atoms with Crippen LogP contribution in [0.25, 0.3) is 0 Å². The molecule has 0 radical (unpaired) electrons. The van der Waals surface area contributed by atoms with Crippen LogP contribution < -0.4 is 10.6 Å². The van der Waals surface area contributed by atoms with Crippen molar-refractivity contribution >= 4 is 33.6 Å². The summed E-state index contributed by atoms with van der Waals surface area (Å²) in [5, 5.41) is 6.18. The molecule has 1 heterocycles. The van der Waals surface area contributed by atoms with E-state index in [1.165, 1.54) is 0 Å². The highest BCUT2D eigenvalue weighted by Crippen LogP contribution is 2.22. The van der Waals surface area contributed by atoms with Crippen LogP contribution in [0.1, 0.15) is 18.5 Å². The second kappa shape index (κ2) is 9.71. The first-order valence-corrected chi connectivity index (χ1v) is 10.2. The average molecular weight is 445 g/mol. The molecule has 3 rings (SSSR count). The number of hydrogen-bond donors (Lipinski definition) is 2. The number of piperazine rings is 1. The van der Waals surface area contributed by atoms with Crippen LogP contribution in [0.3, 0.4) is 0 Å². The van der Waals surface area contributed by atoms with Gasteiger partial charge in [0.1, 0.15) is 0 Å². The number of carbonyl (C=O) groups is 2. The molecule has 0 spiro atoms. The Kier molecular flexibility index (Phi) is 7.06. The van der Waals surface area contributed by atoms with E-state index in [2.05, 4.69) is 26.6 Å². The number of benzene rings is 2.